The van der Waals surface area contributed by atoms with Gasteiger partial charge in [0.05, 0.1) is 13.7 Å². The maximum Gasteiger partial charge on any atom is 0.244 e. The van der Waals surface area contributed by atoms with Crippen LogP contribution in [0.5, 0.6) is 11.5 Å². The first-order valence-corrected chi connectivity index (χ1v) is 7.87. The van der Waals surface area contributed by atoms with Gasteiger partial charge < -0.3 is 20.5 Å². The predicted molar refractivity (Wildman–Crippen MR) is 94.1 cm³/mol. The molecule has 3 N–H and O–H groups in total. The number of nitrogens with one attached hydrogen (secondary N) is 1. The van der Waals surface area contributed by atoms with Gasteiger partial charge in [-0.25, -0.2) is 0 Å². The van der Waals surface area contributed by atoms with E-state index in [2.05, 4.69) is 5.32 Å². The van der Waals surface area contributed by atoms with Crippen LogP contribution in [-0.4, -0.2) is 25.7 Å². The van der Waals surface area contributed by atoms with Crippen molar-refractivity contribution in [2.24, 2.45) is 5.73 Å². The lowest BCUT2D eigenvalue weighted by Gasteiger charge is -2.25. The molecule has 0 aliphatic rings. The topological polar surface area (TPSA) is 73.6 Å². The van der Waals surface area contributed by atoms with Crippen LogP contribution in [0.15, 0.2) is 54.6 Å². The lowest BCUT2D eigenvalue weighted by molar-refractivity contribution is -0.126. The fourth-order valence-electron chi connectivity index (χ4n) is 2.28. The quantitative estimate of drug-likeness (QED) is 0.819. The van der Waals surface area contributed by atoms with E-state index in [0.29, 0.717) is 12.3 Å². The number of nitrogens with two attached hydrogens (primary N) is 1. The van der Waals surface area contributed by atoms with Crippen molar-refractivity contribution in [1.29, 1.82) is 0 Å². The van der Waals surface area contributed by atoms with Crippen molar-refractivity contribution >= 4 is 5.91 Å². The van der Waals surface area contributed by atoms with Gasteiger partial charge in [-0.05, 0) is 31.5 Å². The Bertz CT molecular complexity index is 671. The summed E-state index contributed by atoms with van der Waals surface area (Å²) in [6.45, 7) is 3.94. The van der Waals surface area contributed by atoms with E-state index in [9.17, 15) is 4.79 Å². The van der Waals surface area contributed by atoms with Gasteiger partial charge in [-0.1, -0.05) is 36.4 Å². The fraction of sp³-hybridized carbons (Fsp3) is 0.316. The zero-order valence-electron chi connectivity index (χ0n) is 14.3. The van der Waals surface area contributed by atoms with E-state index in [1.807, 2.05) is 55.5 Å². The molecule has 0 aliphatic carbocycles. The first-order chi connectivity index (χ1) is 11.4. The van der Waals surface area contributed by atoms with Crippen molar-refractivity contribution in [1.82, 2.24) is 5.32 Å². The third-order valence-corrected chi connectivity index (χ3v) is 3.77. The second-order valence-electron chi connectivity index (χ2n) is 5.89. The van der Waals surface area contributed by atoms with Crippen LogP contribution < -0.4 is 20.5 Å². The summed E-state index contributed by atoms with van der Waals surface area (Å²) >= 11 is 0. The van der Waals surface area contributed by atoms with Crippen LogP contribution in [0, 0.1) is 0 Å². The summed E-state index contributed by atoms with van der Waals surface area (Å²) in [5, 5.41) is 2.85. The molecule has 0 spiro atoms. The number of carbonyl (C=O) groups excluding carboxylic acids is 1. The van der Waals surface area contributed by atoms with Gasteiger partial charge in [0.1, 0.15) is 23.1 Å². The van der Waals surface area contributed by atoms with Crippen LogP contribution in [0.2, 0.25) is 0 Å². The molecule has 2 aromatic rings. The standard InChI is InChI=1S/C19H24N2O3/c1-14(24-17-11-7-10-16(12-17)23-3)13-21-18(22)19(2,20)15-8-5-4-6-9-15/h4-12,14H,13,20H2,1-3H3,(H,21,22). The van der Waals surface area contributed by atoms with Crippen LogP contribution in [0.1, 0.15) is 19.4 Å². The Kier molecular flexibility index (Phi) is 5.82. The number of hydrogen-bond donors (Lipinski definition) is 2. The van der Waals surface area contributed by atoms with Gasteiger partial charge in [0.2, 0.25) is 5.91 Å². The van der Waals surface area contributed by atoms with Gasteiger partial charge in [0, 0.05) is 6.07 Å². The van der Waals surface area contributed by atoms with E-state index in [1.54, 1.807) is 20.1 Å². The Hall–Kier alpha value is -2.53. The number of amides is 1. The number of rotatable bonds is 7. The second kappa shape index (κ2) is 7.84. The summed E-state index contributed by atoms with van der Waals surface area (Å²) in [5.41, 5.74) is 5.87. The summed E-state index contributed by atoms with van der Waals surface area (Å²) in [6, 6.07) is 16.6. The molecule has 128 valence electrons. The molecule has 2 aromatic carbocycles. The van der Waals surface area contributed by atoms with Crippen LogP contribution in [0.25, 0.3) is 0 Å². The van der Waals surface area contributed by atoms with E-state index >= 15 is 0 Å². The SMILES string of the molecule is COc1cccc(OC(C)CNC(=O)C(C)(N)c2ccccc2)c1. The summed E-state index contributed by atoms with van der Waals surface area (Å²) in [4.78, 5) is 12.4. The summed E-state index contributed by atoms with van der Waals surface area (Å²) < 4.78 is 11.0. The molecular weight excluding hydrogens is 304 g/mol. The monoisotopic (exact) mass is 328 g/mol. The largest absolute Gasteiger partial charge is 0.497 e. The highest BCUT2D eigenvalue weighted by Crippen LogP contribution is 2.20. The Labute approximate surface area is 142 Å². The molecule has 0 saturated heterocycles. The van der Waals surface area contributed by atoms with Crippen molar-refractivity contribution in [2.45, 2.75) is 25.5 Å². The van der Waals surface area contributed by atoms with Crippen LogP contribution in [0.4, 0.5) is 0 Å². The average molecular weight is 328 g/mol. The van der Waals surface area contributed by atoms with Crippen molar-refractivity contribution < 1.29 is 14.3 Å². The lowest BCUT2D eigenvalue weighted by atomic mass is 9.92. The highest BCUT2D eigenvalue weighted by atomic mass is 16.5. The summed E-state index contributed by atoms with van der Waals surface area (Å²) in [7, 11) is 1.61. The highest BCUT2D eigenvalue weighted by molar-refractivity contribution is 5.86. The van der Waals surface area contributed by atoms with Crippen molar-refractivity contribution in [3.63, 3.8) is 0 Å². The van der Waals surface area contributed by atoms with E-state index in [-0.39, 0.29) is 12.0 Å². The normalized spacial score (nSPS) is 14.3. The molecule has 0 aromatic heterocycles. The van der Waals surface area contributed by atoms with E-state index in [1.165, 1.54) is 0 Å². The molecule has 24 heavy (non-hydrogen) atoms. The van der Waals surface area contributed by atoms with Crippen molar-refractivity contribution in [2.75, 3.05) is 13.7 Å². The Morgan fingerprint density at radius 1 is 1.17 bits per heavy atom. The van der Waals surface area contributed by atoms with E-state index < -0.39 is 5.54 Å². The number of carbonyl (C=O) groups is 1. The molecule has 0 heterocycles. The van der Waals surface area contributed by atoms with Gasteiger partial charge in [-0.15, -0.1) is 0 Å². The molecule has 0 fully saturated rings. The minimum Gasteiger partial charge on any atom is -0.497 e. The molecule has 5 nitrogen and oxygen atoms in total. The molecule has 2 unspecified atom stereocenters. The van der Waals surface area contributed by atoms with Gasteiger partial charge in [0.25, 0.3) is 0 Å². The Morgan fingerprint density at radius 2 is 1.83 bits per heavy atom. The molecule has 0 radical (unpaired) electrons. The van der Waals surface area contributed by atoms with Crippen LogP contribution >= 0.6 is 0 Å². The Morgan fingerprint density at radius 3 is 2.50 bits per heavy atom. The number of benzene rings is 2. The molecule has 0 bridgehead atoms. The maximum absolute atomic E-state index is 12.4. The summed E-state index contributed by atoms with van der Waals surface area (Å²) in [5.74, 6) is 1.17. The van der Waals surface area contributed by atoms with Gasteiger partial charge in [-0.2, -0.15) is 0 Å². The highest BCUT2D eigenvalue weighted by Gasteiger charge is 2.30. The van der Waals surface area contributed by atoms with Gasteiger partial charge in [-0.3, -0.25) is 4.79 Å². The smallest absolute Gasteiger partial charge is 0.244 e. The molecule has 1 amide bonds. The van der Waals surface area contributed by atoms with Crippen molar-refractivity contribution in [3.05, 3.63) is 60.2 Å². The van der Waals surface area contributed by atoms with Gasteiger partial charge >= 0.3 is 0 Å². The molecule has 0 saturated carbocycles. The van der Waals surface area contributed by atoms with Crippen LogP contribution in [-0.2, 0) is 10.3 Å². The molecule has 5 heteroatoms. The molecular formula is C19H24N2O3. The molecule has 2 rings (SSSR count). The third kappa shape index (κ3) is 4.49. The molecule has 2 atom stereocenters. The zero-order valence-corrected chi connectivity index (χ0v) is 14.3. The fourth-order valence-corrected chi connectivity index (χ4v) is 2.28. The minimum absolute atomic E-state index is 0.201. The van der Waals surface area contributed by atoms with E-state index in [0.717, 1.165) is 11.3 Å². The first-order valence-electron chi connectivity index (χ1n) is 7.87. The maximum atomic E-state index is 12.4. The summed E-state index contributed by atoms with van der Waals surface area (Å²) in [6.07, 6.45) is -0.201. The number of hydrogen-bond acceptors (Lipinski definition) is 4. The molecule has 0 aliphatic heterocycles. The number of ether oxygens (including phenoxy) is 2. The average Bonchev–Trinajstić information content (AvgIpc) is 2.60. The Balaban J connectivity index is 1.91. The van der Waals surface area contributed by atoms with Crippen LogP contribution in [0.3, 0.4) is 0 Å². The predicted octanol–water partition coefficient (Wildman–Crippen LogP) is 2.45. The zero-order chi connectivity index (χ0) is 17.6. The lowest BCUT2D eigenvalue weighted by Crippen LogP contribution is -2.50. The van der Waals surface area contributed by atoms with Gasteiger partial charge in [0.15, 0.2) is 0 Å². The number of methoxy groups -OCH3 is 1. The van der Waals surface area contributed by atoms with E-state index in [4.69, 9.17) is 15.2 Å². The van der Waals surface area contributed by atoms with Crippen molar-refractivity contribution in [3.8, 4) is 11.5 Å². The second-order valence-corrected chi connectivity index (χ2v) is 5.89. The first kappa shape index (κ1) is 17.8. The third-order valence-electron chi connectivity index (χ3n) is 3.77. The minimum atomic E-state index is -1.09.